The van der Waals surface area contributed by atoms with Crippen LogP contribution in [-0.2, 0) is 65.4 Å². The van der Waals surface area contributed by atoms with Crippen molar-refractivity contribution in [1.82, 2.24) is 0 Å². The molecular weight excluding hydrogens is 1230 g/mol. The fraction of sp³-hybridized carbons (Fsp3) is 0.840. The molecule has 0 heterocycles. The van der Waals surface area contributed by atoms with E-state index >= 15 is 0 Å². The number of carbonyl (C=O) groups is 4. The summed E-state index contributed by atoms with van der Waals surface area (Å²) in [6.45, 7) is 4.84. The first kappa shape index (κ1) is 91.0. The number of aliphatic hydroxyl groups excluding tert-OH is 1. The molecule has 0 spiro atoms. The van der Waals surface area contributed by atoms with Crippen LogP contribution in [0.25, 0.3) is 0 Å². The fourth-order valence-electron chi connectivity index (χ4n) is 10.4. The van der Waals surface area contributed by atoms with Gasteiger partial charge in [0.1, 0.15) is 19.3 Å². The summed E-state index contributed by atoms with van der Waals surface area (Å²) in [6, 6.07) is 0. The van der Waals surface area contributed by atoms with Gasteiger partial charge in [0.15, 0.2) is 12.2 Å². The maximum absolute atomic E-state index is 13.1. The third-order valence-electron chi connectivity index (χ3n) is 16.3. The number of allylic oxidation sites excluding steroid dienone is 8. The standard InChI is InChI=1S/C75H138O17P2/c1-5-9-13-17-21-25-29-33-34-38-40-44-48-52-56-60-73(78)86-66-71(92-75(80)62-58-54-50-46-42-37-32-28-24-20-16-12-8-4)68-90-94(83,84)88-64-69(76)63-87-93(81,82)89-67-70(91-74(79)61-57-53-49-45-41-36-31-27-23-19-15-11-7-3)65-85-72(77)59-55-51-47-43-39-35-30-26-22-18-14-10-6-2/h25-27,29-31,33-34,69-71,76H,5-24,28,32,35-68H2,1-4H3,(H,81,82)(H,83,84)/b29-25-,30-26-,31-27-,34-33-/t69-,70-,71-/m1/s1. The summed E-state index contributed by atoms with van der Waals surface area (Å²) in [6.07, 6.45) is 63.8. The van der Waals surface area contributed by atoms with Gasteiger partial charge in [-0.15, -0.1) is 0 Å². The number of esters is 4. The van der Waals surface area contributed by atoms with Gasteiger partial charge in [0.05, 0.1) is 26.4 Å². The Morgan fingerprint density at radius 2 is 0.521 bits per heavy atom. The molecule has 0 amide bonds. The third kappa shape index (κ3) is 67.6. The van der Waals surface area contributed by atoms with Crippen LogP contribution < -0.4 is 0 Å². The van der Waals surface area contributed by atoms with Crippen molar-refractivity contribution >= 4 is 39.5 Å². The van der Waals surface area contributed by atoms with Crippen LogP contribution in [0.2, 0.25) is 0 Å². The molecular formula is C75H138O17P2. The van der Waals surface area contributed by atoms with Crippen molar-refractivity contribution in [3.05, 3.63) is 48.6 Å². The minimum absolute atomic E-state index is 0.0880. The molecule has 550 valence electrons. The van der Waals surface area contributed by atoms with Crippen molar-refractivity contribution in [2.45, 2.75) is 367 Å². The largest absolute Gasteiger partial charge is 0.472 e. The van der Waals surface area contributed by atoms with E-state index in [9.17, 15) is 43.2 Å². The quantitative estimate of drug-likeness (QED) is 0.0128. The van der Waals surface area contributed by atoms with Gasteiger partial charge in [0.2, 0.25) is 0 Å². The number of hydrogen-bond acceptors (Lipinski definition) is 15. The molecule has 0 fully saturated rings. The second-order valence-electron chi connectivity index (χ2n) is 25.6. The SMILES string of the molecule is CCCCCC/C=C\C=C/CCCCCCCC(=O)OC[C@H](COP(=O)(O)OC[C@H](O)COP(=O)(O)OC[C@@H](COC(=O)CCCCCCC/C=C\CCCCCC)OC(=O)CCCCCCC/C=C\CCCCCC)OC(=O)CCCCCCCCCCCCCCC. The molecule has 17 nitrogen and oxygen atoms in total. The average Bonchev–Trinajstić information content (AvgIpc) is 1.67. The maximum atomic E-state index is 13.1. The summed E-state index contributed by atoms with van der Waals surface area (Å²) in [4.78, 5) is 72.7. The van der Waals surface area contributed by atoms with Crippen LogP contribution in [-0.4, -0.2) is 96.7 Å². The van der Waals surface area contributed by atoms with Crippen LogP contribution >= 0.6 is 15.6 Å². The zero-order valence-corrected chi connectivity index (χ0v) is 61.7. The van der Waals surface area contributed by atoms with Gasteiger partial charge in [0.25, 0.3) is 0 Å². The van der Waals surface area contributed by atoms with E-state index in [1.54, 1.807) is 0 Å². The predicted molar refractivity (Wildman–Crippen MR) is 381 cm³/mol. The van der Waals surface area contributed by atoms with Crippen molar-refractivity contribution in [2.75, 3.05) is 39.6 Å². The van der Waals surface area contributed by atoms with Gasteiger partial charge in [0, 0.05) is 25.7 Å². The second-order valence-corrected chi connectivity index (χ2v) is 28.5. The molecule has 0 aliphatic heterocycles. The zero-order valence-electron chi connectivity index (χ0n) is 59.9. The molecule has 0 bridgehead atoms. The Kier molecular flexibility index (Phi) is 66.4. The van der Waals surface area contributed by atoms with Crippen molar-refractivity contribution in [2.24, 2.45) is 0 Å². The predicted octanol–water partition coefficient (Wildman–Crippen LogP) is 21.3. The summed E-state index contributed by atoms with van der Waals surface area (Å²) >= 11 is 0. The van der Waals surface area contributed by atoms with E-state index in [-0.39, 0.29) is 25.7 Å². The molecule has 5 atom stereocenters. The summed E-state index contributed by atoms with van der Waals surface area (Å²) < 4.78 is 68.4. The van der Waals surface area contributed by atoms with Crippen LogP contribution in [0.3, 0.4) is 0 Å². The zero-order chi connectivity index (χ0) is 69.0. The molecule has 3 N–H and O–H groups in total. The molecule has 0 saturated heterocycles. The highest BCUT2D eigenvalue weighted by Gasteiger charge is 2.30. The van der Waals surface area contributed by atoms with Crippen molar-refractivity contribution in [1.29, 1.82) is 0 Å². The number of unbranched alkanes of at least 4 members (excludes halogenated alkanes) is 39. The summed E-state index contributed by atoms with van der Waals surface area (Å²) in [5.74, 6) is -2.18. The van der Waals surface area contributed by atoms with E-state index in [2.05, 4.69) is 76.3 Å². The van der Waals surface area contributed by atoms with Crippen LogP contribution in [0.5, 0.6) is 0 Å². The average molecular weight is 1370 g/mol. The van der Waals surface area contributed by atoms with Crippen molar-refractivity contribution in [3.63, 3.8) is 0 Å². The number of aliphatic hydroxyl groups is 1. The minimum atomic E-state index is -4.97. The lowest BCUT2D eigenvalue weighted by Crippen LogP contribution is -2.30. The summed E-state index contributed by atoms with van der Waals surface area (Å²) in [5, 5.41) is 10.6. The van der Waals surface area contributed by atoms with Crippen molar-refractivity contribution in [3.8, 4) is 0 Å². The topological polar surface area (TPSA) is 237 Å². The Hall–Kier alpha value is -2.98. The van der Waals surface area contributed by atoms with Gasteiger partial charge in [-0.3, -0.25) is 37.3 Å². The molecule has 0 aromatic heterocycles. The van der Waals surface area contributed by atoms with E-state index in [0.29, 0.717) is 25.7 Å². The normalized spacial score (nSPS) is 14.2. The first-order valence-corrected chi connectivity index (χ1v) is 40.9. The van der Waals surface area contributed by atoms with Crippen LogP contribution in [0.15, 0.2) is 48.6 Å². The Bertz CT molecular complexity index is 1980. The van der Waals surface area contributed by atoms with Crippen LogP contribution in [0.4, 0.5) is 0 Å². The number of carbonyl (C=O) groups excluding carboxylic acids is 4. The number of rotatable bonds is 72. The number of phosphoric ester groups is 2. The van der Waals surface area contributed by atoms with Crippen LogP contribution in [0.1, 0.15) is 349 Å². The maximum Gasteiger partial charge on any atom is 0.472 e. The highest BCUT2D eigenvalue weighted by molar-refractivity contribution is 7.47. The monoisotopic (exact) mass is 1370 g/mol. The number of phosphoric acid groups is 2. The lowest BCUT2D eigenvalue weighted by Gasteiger charge is -2.21. The first-order chi connectivity index (χ1) is 45.7. The van der Waals surface area contributed by atoms with Gasteiger partial charge >= 0.3 is 39.5 Å². The number of hydrogen-bond donors (Lipinski definition) is 3. The molecule has 0 rings (SSSR count). The third-order valence-corrected chi connectivity index (χ3v) is 18.2. The Balaban J connectivity index is 5.32. The van der Waals surface area contributed by atoms with E-state index in [0.717, 1.165) is 141 Å². The van der Waals surface area contributed by atoms with E-state index in [1.807, 2.05) is 0 Å². The molecule has 94 heavy (non-hydrogen) atoms. The lowest BCUT2D eigenvalue weighted by molar-refractivity contribution is -0.161. The molecule has 0 aliphatic carbocycles. The highest BCUT2D eigenvalue weighted by Crippen LogP contribution is 2.45. The summed E-state index contributed by atoms with van der Waals surface area (Å²) in [5.41, 5.74) is 0. The molecule has 0 aromatic rings. The highest BCUT2D eigenvalue weighted by atomic mass is 31.2. The molecule has 19 heteroatoms. The second kappa shape index (κ2) is 68.5. The Morgan fingerprint density at radius 3 is 0.809 bits per heavy atom. The van der Waals surface area contributed by atoms with Gasteiger partial charge in [-0.05, 0) is 103 Å². The van der Waals surface area contributed by atoms with Gasteiger partial charge in [-0.1, -0.05) is 269 Å². The Morgan fingerprint density at radius 1 is 0.298 bits per heavy atom. The molecule has 0 aliphatic rings. The van der Waals surface area contributed by atoms with Gasteiger partial charge in [-0.25, -0.2) is 9.13 Å². The minimum Gasteiger partial charge on any atom is -0.462 e. The fourth-order valence-corrected chi connectivity index (χ4v) is 12.0. The summed E-state index contributed by atoms with van der Waals surface area (Å²) in [7, 11) is -9.93. The smallest absolute Gasteiger partial charge is 0.462 e. The van der Waals surface area contributed by atoms with Crippen LogP contribution in [0, 0.1) is 0 Å². The lowest BCUT2D eigenvalue weighted by atomic mass is 10.0. The Labute approximate surface area is 572 Å². The molecule has 0 aromatic carbocycles. The molecule has 0 radical (unpaired) electrons. The van der Waals surface area contributed by atoms with E-state index in [1.165, 1.54) is 128 Å². The van der Waals surface area contributed by atoms with Crippen molar-refractivity contribution < 1.29 is 80.2 Å². The first-order valence-electron chi connectivity index (χ1n) is 37.9. The molecule has 0 saturated carbocycles. The van der Waals surface area contributed by atoms with Gasteiger partial charge in [-0.2, -0.15) is 0 Å². The number of ether oxygens (including phenoxy) is 4. The molecule has 2 unspecified atom stereocenters. The van der Waals surface area contributed by atoms with E-state index < -0.39 is 97.5 Å². The van der Waals surface area contributed by atoms with E-state index in [4.69, 9.17) is 37.0 Å². The van der Waals surface area contributed by atoms with Gasteiger partial charge < -0.3 is 33.8 Å².